The van der Waals surface area contributed by atoms with Crippen molar-refractivity contribution in [3.8, 4) is 0 Å². The molecule has 0 spiro atoms. The van der Waals surface area contributed by atoms with E-state index in [1.807, 2.05) is 39.8 Å². The molecule has 0 aromatic heterocycles. The van der Waals surface area contributed by atoms with Crippen LogP contribution in [0.5, 0.6) is 0 Å². The van der Waals surface area contributed by atoms with Crippen molar-refractivity contribution in [1.29, 1.82) is 0 Å². The van der Waals surface area contributed by atoms with Crippen molar-refractivity contribution in [3.05, 3.63) is 93.0 Å². The molecule has 0 radical (unpaired) electrons. The highest BCUT2D eigenvalue weighted by Crippen LogP contribution is 2.30. The van der Waals surface area contributed by atoms with Crippen LogP contribution in [-0.2, 0) is 26.2 Å². The summed E-state index contributed by atoms with van der Waals surface area (Å²) in [6, 6.07) is 15.9. The van der Waals surface area contributed by atoms with E-state index in [1.165, 1.54) is 17.0 Å². The predicted octanol–water partition coefficient (Wildman–Crippen LogP) is 6.45. The maximum absolute atomic E-state index is 14.2. The number of carbonyl (C=O) groups is 2. The average molecular weight is 619 g/mol. The molecule has 1 atom stereocenters. The minimum atomic E-state index is -4.17. The van der Waals surface area contributed by atoms with Crippen LogP contribution in [0, 0.1) is 20.8 Å². The van der Waals surface area contributed by atoms with E-state index in [2.05, 4.69) is 5.32 Å². The van der Waals surface area contributed by atoms with Gasteiger partial charge in [-0.05, 0) is 82.5 Å². The maximum atomic E-state index is 14.2. The van der Waals surface area contributed by atoms with Gasteiger partial charge in [0.05, 0.1) is 10.6 Å². The van der Waals surface area contributed by atoms with Crippen LogP contribution in [0.1, 0.15) is 49.4 Å². The molecule has 3 rings (SSSR count). The van der Waals surface area contributed by atoms with Crippen LogP contribution in [0.4, 0.5) is 5.69 Å². The number of carbonyl (C=O) groups excluding carboxylic acids is 2. The molecule has 0 fully saturated rings. The van der Waals surface area contributed by atoms with Gasteiger partial charge >= 0.3 is 0 Å². The number of halogens is 2. The Balaban J connectivity index is 2.15. The molecule has 7 nitrogen and oxygen atoms in total. The second kappa shape index (κ2) is 13.7. The third-order valence-corrected chi connectivity index (χ3v) is 9.21. The fourth-order valence-corrected chi connectivity index (χ4v) is 6.48. The highest BCUT2D eigenvalue weighted by molar-refractivity contribution is 7.92. The van der Waals surface area contributed by atoms with E-state index < -0.39 is 28.5 Å². The van der Waals surface area contributed by atoms with Crippen molar-refractivity contribution < 1.29 is 18.0 Å². The van der Waals surface area contributed by atoms with E-state index in [1.54, 1.807) is 50.2 Å². The highest BCUT2D eigenvalue weighted by Gasteiger charge is 2.35. The van der Waals surface area contributed by atoms with Gasteiger partial charge in [0.1, 0.15) is 12.6 Å². The van der Waals surface area contributed by atoms with E-state index in [4.69, 9.17) is 23.2 Å². The molecule has 0 heterocycles. The molecule has 0 saturated heterocycles. The summed E-state index contributed by atoms with van der Waals surface area (Å²) < 4.78 is 29.3. The van der Waals surface area contributed by atoms with Crippen LogP contribution in [0.25, 0.3) is 0 Å². The monoisotopic (exact) mass is 617 g/mol. The molecule has 0 saturated carbocycles. The zero-order valence-corrected chi connectivity index (χ0v) is 26.6. The molecule has 41 heavy (non-hydrogen) atoms. The number of benzene rings is 3. The van der Waals surface area contributed by atoms with E-state index >= 15 is 0 Å². The average Bonchev–Trinajstić information content (AvgIpc) is 2.90. The normalized spacial score (nSPS) is 12.2. The smallest absolute Gasteiger partial charge is 0.264 e. The molecule has 0 bridgehead atoms. The van der Waals surface area contributed by atoms with E-state index in [0.717, 1.165) is 15.4 Å². The number of aryl methyl sites for hydroxylation is 3. The lowest BCUT2D eigenvalue weighted by molar-refractivity contribution is -0.140. The molecule has 0 unspecified atom stereocenters. The second-order valence-electron chi connectivity index (χ2n) is 10.4. The topological polar surface area (TPSA) is 86.8 Å². The fraction of sp³-hybridized carbons (Fsp3) is 0.355. The molecule has 0 aliphatic heterocycles. The maximum Gasteiger partial charge on any atom is 0.264 e. The molecular weight excluding hydrogens is 581 g/mol. The molecule has 1 N–H and O–H groups in total. The number of hydrogen-bond donors (Lipinski definition) is 1. The van der Waals surface area contributed by atoms with E-state index in [9.17, 15) is 18.0 Å². The first-order valence-corrected chi connectivity index (χ1v) is 15.6. The Hall–Kier alpha value is -3.07. The Bertz CT molecular complexity index is 1490. The Morgan fingerprint density at radius 2 is 1.49 bits per heavy atom. The van der Waals surface area contributed by atoms with Crippen molar-refractivity contribution in [2.75, 3.05) is 10.8 Å². The number of rotatable bonds is 11. The van der Waals surface area contributed by atoms with Crippen molar-refractivity contribution in [3.63, 3.8) is 0 Å². The Morgan fingerprint density at radius 3 is 2.05 bits per heavy atom. The first-order valence-electron chi connectivity index (χ1n) is 13.5. The first kappa shape index (κ1) is 32.4. The fourth-order valence-electron chi connectivity index (χ4n) is 4.49. The summed E-state index contributed by atoms with van der Waals surface area (Å²) >= 11 is 12.9. The van der Waals surface area contributed by atoms with Gasteiger partial charge in [0.25, 0.3) is 10.0 Å². The highest BCUT2D eigenvalue weighted by atomic mass is 35.5. The first-order chi connectivity index (χ1) is 19.3. The summed E-state index contributed by atoms with van der Waals surface area (Å²) in [5.41, 5.74) is 3.28. The molecule has 3 aromatic rings. The number of amides is 2. The summed E-state index contributed by atoms with van der Waals surface area (Å²) in [5.74, 6) is -0.915. The lowest BCUT2D eigenvalue weighted by Gasteiger charge is -2.34. The summed E-state index contributed by atoms with van der Waals surface area (Å²) in [6.07, 6.45) is 0.292. The number of hydrogen-bond acceptors (Lipinski definition) is 4. The number of sulfonamides is 1. The number of anilines is 1. The second-order valence-corrected chi connectivity index (χ2v) is 13.1. The minimum Gasteiger partial charge on any atom is -0.352 e. The molecule has 0 aliphatic carbocycles. The standard InChI is InChI=1S/C31H37Cl2N3O4S/c1-7-28(31(38)34-20(2)3)35(18-25-26(32)9-8-10-27(25)33)30(37)19-36(29-17-22(5)11-14-23(29)6)41(39,40)24-15-12-21(4)13-16-24/h8-17,20,28H,7,18-19H2,1-6H3,(H,34,38)/t28-/m1/s1. The molecule has 2 amide bonds. The molecule has 0 aliphatic rings. The molecular formula is C31H37Cl2N3O4S. The SMILES string of the molecule is CC[C@H](C(=O)NC(C)C)N(Cc1c(Cl)cccc1Cl)C(=O)CN(c1cc(C)ccc1C)S(=O)(=O)c1ccc(C)cc1. The lowest BCUT2D eigenvalue weighted by Crippen LogP contribution is -2.53. The van der Waals surface area contributed by atoms with Crippen LogP contribution in [0.15, 0.2) is 65.6 Å². The van der Waals surface area contributed by atoms with Gasteiger partial charge in [-0.3, -0.25) is 13.9 Å². The van der Waals surface area contributed by atoms with Crippen molar-refractivity contribution in [2.45, 2.75) is 71.5 Å². The van der Waals surface area contributed by atoms with Gasteiger partial charge < -0.3 is 10.2 Å². The van der Waals surface area contributed by atoms with E-state index in [-0.39, 0.29) is 23.4 Å². The van der Waals surface area contributed by atoms with Crippen molar-refractivity contribution in [2.24, 2.45) is 0 Å². The van der Waals surface area contributed by atoms with Gasteiger partial charge in [-0.15, -0.1) is 0 Å². The van der Waals surface area contributed by atoms with Crippen LogP contribution in [0.3, 0.4) is 0 Å². The van der Waals surface area contributed by atoms with Crippen molar-refractivity contribution >= 4 is 50.7 Å². The van der Waals surface area contributed by atoms with Crippen LogP contribution < -0.4 is 9.62 Å². The quantitative estimate of drug-likeness (QED) is 0.268. The Kier molecular flexibility index (Phi) is 10.9. The molecule has 220 valence electrons. The van der Waals surface area contributed by atoms with Crippen LogP contribution in [-0.4, -0.2) is 43.8 Å². The van der Waals surface area contributed by atoms with E-state index in [0.29, 0.717) is 33.3 Å². The van der Waals surface area contributed by atoms with Crippen LogP contribution in [0.2, 0.25) is 10.0 Å². The van der Waals surface area contributed by atoms with Gasteiger partial charge in [-0.1, -0.05) is 66.0 Å². The van der Waals surface area contributed by atoms with Crippen molar-refractivity contribution in [1.82, 2.24) is 10.2 Å². The largest absolute Gasteiger partial charge is 0.352 e. The predicted molar refractivity (Wildman–Crippen MR) is 166 cm³/mol. The lowest BCUT2D eigenvalue weighted by atomic mass is 10.1. The molecule has 10 heteroatoms. The Morgan fingerprint density at radius 1 is 0.902 bits per heavy atom. The van der Waals surface area contributed by atoms with Gasteiger partial charge in [0, 0.05) is 28.2 Å². The Labute approximate surface area is 253 Å². The van der Waals surface area contributed by atoms with Gasteiger partial charge in [-0.25, -0.2) is 8.42 Å². The third-order valence-electron chi connectivity index (χ3n) is 6.73. The summed E-state index contributed by atoms with van der Waals surface area (Å²) in [4.78, 5) is 28.9. The van der Waals surface area contributed by atoms with Gasteiger partial charge in [0.2, 0.25) is 11.8 Å². The summed E-state index contributed by atoms with van der Waals surface area (Å²) in [5, 5.41) is 3.56. The number of nitrogens with one attached hydrogen (secondary N) is 1. The summed E-state index contributed by atoms with van der Waals surface area (Å²) in [7, 11) is -4.17. The van der Waals surface area contributed by atoms with Gasteiger partial charge in [0.15, 0.2) is 0 Å². The third kappa shape index (κ3) is 7.82. The zero-order chi connectivity index (χ0) is 30.5. The minimum absolute atomic E-state index is 0.0575. The molecule has 3 aromatic carbocycles. The van der Waals surface area contributed by atoms with Crippen LogP contribution >= 0.6 is 23.2 Å². The zero-order valence-electron chi connectivity index (χ0n) is 24.2. The number of nitrogens with zero attached hydrogens (tertiary/aromatic N) is 2. The van der Waals surface area contributed by atoms with Gasteiger partial charge in [-0.2, -0.15) is 0 Å². The summed E-state index contributed by atoms with van der Waals surface area (Å²) in [6.45, 7) is 10.4.